The van der Waals surface area contributed by atoms with E-state index in [-0.39, 0.29) is 17.6 Å². The Bertz CT molecular complexity index is 312. The van der Waals surface area contributed by atoms with Crippen molar-refractivity contribution in [3.8, 4) is 0 Å². The highest BCUT2D eigenvalue weighted by Gasteiger charge is 2.24. The topological polar surface area (TPSA) is 54.9 Å². The Morgan fingerprint density at radius 2 is 1.82 bits per heavy atom. The van der Waals surface area contributed by atoms with Gasteiger partial charge in [-0.15, -0.1) is 0 Å². The zero-order chi connectivity index (χ0) is 17.2. The molecular weight excluding hydrogens is 278 g/mol. The van der Waals surface area contributed by atoms with E-state index in [9.17, 15) is 0 Å². The van der Waals surface area contributed by atoms with Crippen molar-refractivity contribution >= 4 is 5.96 Å². The Hall–Kier alpha value is -0.810. The van der Waals surface area contributed by atoms with E-state index in [1.54, 1.807) is 14.2 Å². The second-order valence-corrected chi connectivity index (χ2v) is 7.00. The number of hydrogen-bond acceptors (Lipinski definition) is 3. The zero-order valence-electron chi connectivity index (χ0n) is 15.8. The number of hydrogen-bond donors (Lipinski definition) is 2. The first-order chi connectivity index (χ1) is 10.3. The maximum absolute atomic E-state index is 5.76. The smallest absolute Gasteiger partial charge is 0.191 e. The van der Waals surface area contributed by atoms with Crippen molar-refractivity contribution in [2.75, 3.05) is 33.9 Å². The summed E-state index contributed by atoms with van der Waals surface area (Å²) in [5, 5.41) is 6.68. The van der Waals surface area contributed by atoms with Crippen LogP contribution in [0.3, 0.4) is 0 Å². The van der Waals surface area contributed by atoms with Gasteiger partial charge in [-0.2, -0.15) is 0 Å². The third kappa shape index (κ3) is 8.59. The average Bonchev–Trinajstić information content (AvgIpc) is 2.43. The minimum absolute atomic E-state index is 0.0955. The van der Waals surface area contributed by atoms with Crippen molar-refractivity contribution in [1.82, 2.24) is 10.6 Å². The van der Waals surface area contributed by atoms with Gasteiger partial charge in [-0.05, 0) is 24.7 Å². The van der Waals surface area contributed by atoms with Crippen LogP contribution in [-0.4, -0.2) is 52.0 Å². The molecule has 2 atom stereocenters. The average molecular weight is 316 g/mol. The lowest BCUT2D eigenvalue weighted by Gasteiger charge is -2.30. The summed E-state index contributed by atoms with van der Waals surface area (Å²) in [4.78, 5) is 4.26. The lowest BCUT2D eigenvalue weighted by Crippen LogP contribution is -2.46. The Labute approximate surface area is 137 Å². The predicted octanol–water partition coefficient (Wildman–Crippen LogP) is 2.66. The molecule has 2 unspecified atom stereocenters. The molecule has 0 aliphatic carbocycles. The molecule has 0 aromatic heterocycles. The first-order valence-electron chi connectivity index (χ1n) is 8.35. The minimum atomic E-state index is 0.0955. The van der Waals surface area contributed by atoms with Gasteiger partial charge in [0.1, 0.15) is 0 Å². The maximum Gasteiger partial charge on any atom is 0.191 e. The Kier molecular flexibility index (Phi) is 10.4. The number of aliphatic imine (C=N–C) groups is 1. The lowest BCUT2D eigenvalue weighted by molar-refractivity contribution is 0.0203. The summed E-state index contributed by atoms with van der Waals surface area (Å²) in [7, 11) is 3.54. The van der Waals surface area contributed by atoms with E-state index in [4.69, 9.17) is 9.47 Å². The number of methoxy groups -OCH3 is 1. The van der Waals surface area contributed by atoms with Crippen LogP contribution in [0.4, 0.5) is 0 Å². The summed E-state index contributed by atoms with van der Waals surface area (Å²) >= 11 is 0. The van der Waals surface area contributed by atoms with Crippen LogP contribution in [0.15, 0.2) is 4.99 Å². The van der Waals surface area contributed by atoms with Crippen LogP contribution in [0.1, 0.15) is 48.0 Å². The van der Waals surface area contributed by atoms with E-state index >= 15 is 0 Å². The summed E-state index contributed by atoms with van der Waals surface area (Å²) in [6.45, 7) is 15.3. The molecule has 5 heteroatoms. The van der Waals surface area contributed by atoms with Crippen LogP contribution in [-0.2, 0) is 9.47 Å². The van der Waals surface area contributed by atoms with Gasteiger partial charge in [-0.3, -0.25) is 4.99 Å². The summed E-state index contributed by atoms with van der Waals surface area (Å²) in [6, 6.07) is 0. The number of ether oxygens (including phenoxy) is 2. The quantitative estimate of drug-likeness (QED) is 0.507. The first-order valence-corrected chi connectivity index (χ1v) is 8.35. The molecule has 0 aliphatic heterocycles. The van der Waals surface area contributed by atoms with Crippen LogP contribution in [0.2, 0.25) is 0 Å². The Morgan fingerprint density at radius 3 is 2.23 bits per heavy atom. The van der Waals surface area contributed by atoms with Gasteiger partial charge in [-0.25, -0.2) is 0 Å². The predicted molar refractivity (Wildman–Crippen MR) is 94.5 cm³/mol. The molecule has 0 fully saturated rings. The van der Waals surface area contributed by atoms with Crippen LogP contribution < -0.4 is 10.6 Å². The number of guanidine groups is 1. The molecule has 0 aliphatic rings. The monoisotopic (exact) mass is 315 g/mol. The summed E-state index contributed by atoms with van der Waals surface area (Å²) in [5.41, 5.74) is 0.0955. The molecule has 0 heterocycles. The third-order valence-corrected chi connectivity index (χ3v) is 3.77. The Morgan fingerprint density at radius 1 is 1.18 bits per heavy atom. The van der Waals surface area contributed by atoms with Crippen molar-refractivity contribution < 1.29 is 9.47 Å². The molecule has 0 aromatic carbocycles. The SMILES string of the molecule is CCOC(CCNC(=NC)NCC(OC)C(C)(C)C)C(C)C. The number of rotatable bonds is 9. The van der Waals surface area contributed by atoms with Gasteiger partial charge in [0.2, 0.25) is 0 Å². The van der Waals surface area contributed by atoms with E-state index < -0.39 is 0 Å². The summed E-state index contributed by atoms with van der Waals surface area (Å²) < 4.78 is 11.3. The highest BCUT2D eigenvalue weighted by molar-refractivity contribution is 5.79. The molecule has 0 saturated heterocycles. The second kappa shape index (κ2) is 10.8. The van der Waals surface area contributed by atoms with Crippen molar-refractivity contribution in [3.05, 3.63) is 0 Å². The van der Waals surface area contributed by atoms with Gasteiger partial charge in [0.25, 0.3) is 0 Å². The van der Waals surface area contributed by atoms with Gasteiger partial charge in [0.05, 0.1) is 12.2 Å². The van der Waals surface area contributed by atoms with Crippen LogP contribution >= 0.6 is 0 Å². The molecule has 0 amide bonds. The molecule has 0 aromatic rings. The molecule has 0 spiro atoms. The fourth-order valence-electron chi connectivity index (χ4n) is 2.31. The molecule has 0 rings (SSSR count). The van der Waals surface area contributed by atoms with Gasteiger partial charge in [0.15, 0.2) is 5.96 Å². The molecule has 132 valence electrons. The molecule has 22 heavy (non-hydrogen) atoms. The van der Waals surface area contributed by atoms with Crippen molar-refractivity contribution in [1.29, 1.82) is 0 Å². The largest absolute Gasteiger partial charge is 0.379 e. The van der Waals surface area contributed by atoms with Gasteiger partial charge >= 0.3 is 0 Å². The Balaban J connectivity index is 4.23. The van der Waals surface area contributed by atoms with Gasteiger partial charge in [-0.1, -0.05) is 34.6 Å². The van der Waals surface area contributed by atoms with Gasteiger partial charge in [0, 0.05) is 33.9 Å². The van der Waals surface area contributed by atoms with E-state index in [0.717, 1.165) is 32.1 Å². The molecular formula is C17H37N3O2. The fourth-order valence-corrected chi connectivity index (χ4v) is 2.31. The third-order valence-electron chi connectivity index (χ3n) is 3.77. The van der Waals surface area contributed by atoms with Crippen LogP contribution in [0.5, 0.6) is 0 Å². The highest BCUT2D eigenvalue weighted by atomic mass is 16.5. The van der Waals surface area contributed by atoms with Crippen LogP contribution in [0.25, 0.3) is 0 Å². The first kappa shape index (κ1) is 21.2. The summed E-state index contributed by atoms with van der Waals surface area (Å²) in [6.07, 6.45) is 1.40. The molecule has 0 bridgehead atoms. The lowest BCUT2D eigenvalue weighted by atomic mass is 9.89. The van der Waals surface area contributed by atoms with E-state index in [1.165, 1.54) is 0 Å². The molecule has 5 nitrogen and oxygen atoms in total. The highest BCUT2D eigenvalue weighted by Crippen LogP contribution is 2.20. The van der Waals surface area contributed by atoms with Crippen LogP contribution in [0, 0.1) is 11.3 Å². The zero-order valence-corrected chi connectivity index (χ0v) is 15.8. The second-order valence-electron chi connectivity index (χ2n) is 7.00. The number of nitrogens with zero attached hydrogens (tertiary/aromatic N) is 1. The molecule has 0 radical (unpaired) electrons. The van der Waals surface area contributed by atoms with Crippen molar-refractivity contribution in [2.24, 2.45) is 16.3 Å². The van der Waals surface area contributed by atoms with Crippen molar-refractivity contribution in [3.63, 3.8) is 0 Å². The molecule has 0 saturated carbocycles. The van der Waals surface area contributed by atoms with E-state index in [0.29, 0.717) is 5.92 Å². The fraction of sp³-hybridized carbons (Fsp3) is 0.941. The normalized spacial score (nSPS) is 15.8. The summed E-state index contributed by atoms with van der Waals surface area (Å²) in [5.74, 6) is 1.33. The molecule has 2 N–H and O–H groups in total. The minimum Gasteiger partial charge on any atom is -0.379 e. The standard InChI is InChI=1S/C17H37N3O2/c1-9-22-14(13(2)3)10-11-19-16(18-7)20-12-15(21-8)17(4,5)6/h13-15H,9-12H2,1-8H3,(H2,18,19,20). The van der Waals surface area contributed by atoms with E-state index in [2.05, 4.69) is 50.2 Å². The van der Waals surface area contributed by atoms with Gasteiger partial charge < -0.3 is 20.1 Å². The maximum atomic E-state index is 5.76. The van der Waals surface area contributed by atoms with Crippen molar-refractivity contribution in [2.45, 2.75) is 60.2 Å². The number of nitrogens with one attached hydrogen (secondary N) is 2. The van der Waals surface area contributed by atoms with E-state index in [1.807, 2.05) is 6.92 Å².